The first-order valence-electron chi connectivity index (χ1n) is 10.9. The molecule has 1 aromatic carbocycles. The second kappa shape index (κ2) is 9.18. The highest BCUT2D eigenvalue weighted by atomic mass is 32.2. The van der Waals surface area contributed by atoms with E-state index < -0.39 is 26.0 Å². The molecular weight excluding hydrogens is 466 g/mol. The molecule has 1 amide bonds. The maximum absolute atomic E-state index is 12.9. The zero-order chi connectivity index (χ0) is 23.8. The molecule has 0 aliphatic carbocycles. The van der Waals surface area contributed by atoms with Crippen LogP contribution in [0, 0.1) is 0 Å². The molecule has 33 heavy (non-hydrogen) atoms. The summed E-state index contributed by atoms with van der Waals surface area (Å²) in [5.41, 5.74) is 0.615. The van der Waals surface area contributed by atoms with Crippen LogP contribution in [0.4, 0.5) is 5.69 Å². The number of nitrogens with zero attached hydrogens (tertiary/aromatic N) is 4. The van der Waals surface area contributed by atoms with Gasteiger partial charge in [0.15, 0.2) is 0 Å². The Hall–Kier alpha value is -2.25. The second-order valence-electron chi connectivity index (χ2n) is 8.47. The number of likely N-dealkylation sites (N-methyl/N-ethyl adjacent to an activating group) is 1. The van der Waals surface area contributed by atoms with Crippen molar-refractivity contribution in [2.45, 2.75) is 22.6 Å². The maximum atomic E-state index is 12.9. The minimum atomic E-state index is -3.62. The molecular formula is C21H29N5O5S2. The number of sulfonamides is 2. The molecule has 2 aromatic rings. The second-order valence-corrected chi connectivity index (χ2v) is 12.3. The third-order valence-corrected chi connectivity index (χ3v) is 9.90. The molecule has 3 heterocycles. The van der Waals surface area contributed by atoms with E-state index in [9.17, 15) is 21.6 Å². The van der Waals surface area contributed by atoms with Gasteiger partial charge in [0.05, 0.1) is 4.90 Å². The van der Waals surface area contributed by atoms with Crippen LogP contribution in [0.5, 0.6) is 0 Å². The van der Waals surface area contributed by atoms with Crippen LogP contribution >= 0.6 is 0 Å². The van der Waals surface area contributed by atoms with Crippen LogP contribution < -0.4 is 5.32 Å². The molecule has 0 saturated carbocycles. The summed E-state index contributed by atoms with van der Waals surface area (Å²) < 4.78 is 55.6. The average Bonchev–Trinajstić information content (AvgIpc) is 3.45. The van der Waals surface area contributed by atoms with E-state index in [2.05, 4.69) is 10.2 Å². The van der Waals surface area contributed by atoms with Crippen LogP contribution in [0.1, 0.15) is 23.3 Å². The first-order valence-corrected chi connectivity index (χ1v) is 13.7. The topological polar surface area (TPSA) is 112 Å². The van der Waals surface area contributed by atoms with Crippen LogP contribution in [-0.4, -0.2) is 87.1 Å². The highest BCUT2D eigenvalue weighted by Crippen LogP contribution is 2.24. The number of carbonyl (C=O) groups is 1. The number of aryl methyl sites for hydroxylation is 1. The fraction of sp³-hybridized carbons (Fsp3) is 0.476. The van der Waals surface area contributed by atoms with E-state index in [0.29, 0.717) is 45.0 Å². The predicted molar refractivity (Wildman–Crippen MR) is 124 cm³/mol. The van der Waals surface area contributed by atoms with Gasteiger partial charge in [0.1, 0.15) is 10.6 Å². The molecule has 12 heteroatoms. The summed E-state index contributed by atoms with van der Waals surface area (Å²) in [5.74, 6) is -0.477. The molecule has 0 radical (unpaired) electrons. The van der Waals surface area contributed by atoms with Crippen LogP contribution in [0.25, 0.3) is 0 Å². The van der Waals surface area contributed by atoms with E-state index in [4.69, 9.17) is 0 Å². The van der Waals surface area contributed by atoms with Crippen molar-refractivity contribution in [1.82, 2.24) is 18.1 Å². The summed E-state index contributed by atoms with van der Waals surface area (Å²) >= 11 is 0. The lowest BCUT2D eigenvalue weighted by Gasteiger charge is -2.31. The van der Waals surface area contributed by atoms with Crippen molar-refractivity contribution in [2.75, 3.05) is 51.6 Å². The van der Waals surface area contributed by atoms with E-state index in [0.717, 1.165) is 12.8 Å². The quantitative estimate of drug-likeness (QED) is 0.640. The summed E-state index contributed by atoms with van der Waals surface area (Å²) in [5, 5.41) is 2.71. The Morgan fingerprint density at radius 1 is 0.788 bits per heavy atom. The maximum Gasteiger partial charge on any atom is 0.272 e. The number of amides is 1. The predicted octanol–water partition coefficient (Wildman–Crippen LogP) is 0.998. The highest BCUT2D eigenvalue weighted by molar-refractivity contribution is 7.89. The van der Waals surface area contributed by atoms with Crippen molar-refractivity contribution < 1.29 is 21.6 Å². The number of hydrogen-bond donors (Lipinski definition) is 1. The number of carbonyl (C=O) groups excluding carboxylic acids is 1. The zero-order valence-electron chi connectivity index (χ0n) is 18.8. The van der Waals surface area contributed by atoms with Gasteiger partial charge in [0, 0.05) is 58.2 Å². The Labute approximate surface area is 194 Å². The number of piperazine rings is 1. The van der Waals surface area contributed by atoms with Gasteiger partial charge >= 0.3 is 0 Å². The van der Waals surface area contributed by atoms with Gasteiger partial charge in [0.2, 0.25) is 20.0 Å². The number of aromatic nitrogens is 1. The molecule has 0 bridgehead atoms. The lowest BCUT2D eigenvalue weighted by Crippen LogP contribution is -2.46. The standard InChI is InChI=1S/C21H29N5O5S2/c1-23-11-13-26(14-12-23)32(28,29)18-7-5-17(6-8-18)22-21(27)20-15-19(16-24(20)2)33(30,31)25-9-3-4-10-25/h5-8,15-16H,3-4,9-14H2,1-2H3,(H,22,27). The zero-order valence-corrected chi connectivity index (χ0v) is 20.4. The van der Waals surface area contributed by atoms with Gasteiger partial charge in [-0.25, -0.2) is 16.8 Å². The summed E-state index contributed by atoms with van der Waals surface area (Å²) in [6.45, 7) is 3.21. The van der Waals surface area contributed by atoms with Crippen LogP contribution in [0.2, 0.25) is 0 Å². The van der Waals surface area contributed by atoms with Crippen molar-refractivity contribution in [2.24, 2.45) is 7.05 Å². The molecule has 0 spiro atoms. The third kappa shape index (κ3) is 4.85. The molecule has 1 N–H and O–H groups in total. The molecule has 2 aliphatic heterocycles. The summed E-state index contributed by atoms with van der Waals surface area (Å²) in [6.07, 6.45) is 3.11. The van der Waals surface area contributed by atoms with Gasteiger partial charge in [-0.05, 0) is 50.2 Å². The molecule has 0 atom stereocenters. The number of benzene rings is 1. The monoisotopic (exact) mass is 495 g/mol. The summed E-state index contributed by atoms with van der Waals surface area (Å²) in [4.78, 5) is 15.1. The van der Waals surface area contributed by atoms with Gasteiger partial charge in [-0.15, -0.1) is 0 Å². The molecule has 180 valence electrons. The smallest absolute Gasteiger partial charge is 0.272 e. The highest BCUT2D eigenvalue weighted by Gasteiger charge is 2.30. The Kier molecular flexibility index (Phi) is 6.65. The SMILES string of the molecule is CN1CCN(S(=O)(=O)c2ccc(NC(=O)c3cc(S(=O)(=O)N4CCCC4)cn3C)cc2)CC1. The van der Waals surface area contributed by atoms with E-state index >= 15 is 0 Å². The van der Waals surface area contributed by atoms with Crippen molar-refractivity contribution in [3.8, 4) is 0 Å². The Bertz CT molecular complexity index is 1220. The minimum absolute atomic E-state index is 0.0886. The van der Waals surface area contributed by atoms with Gasteiger partial charge in [-0.2, -0.15) is 8.61 Å². The molecule has 2 saturated heterocycles. The number of hydrogen-bond acceptors (Lipinski definition) is 6. The first kappa shape index (κ1) is 23.9. The largest absolute Gasteiger partial charge is 0.345 e. The fourth-order valence-electron chi connectivity index (χ4n) is 4.06. The molecule has 10 nitrogen and oxygen atoms in total. The number of rotatable bonds is 6. The molecule has 2 fully saturated rings. The molecule has 1 aromatic heterocycles. The van der Waals surface area contributed by atoms with Gasteiger partial charge in [0.25, 0.3) is 5.91 Å². The van der Waals surface area contributed by atoms with Crippen molar-refractivity contribution in [3.63, 3.8) is 0 Å². The van der Waals surface area contributed by atoms with Gasteiger partial charge in [-0.3, -0.25) is 4.79 Å². The lowest BCUT2D eigenvalue weighted by atomic mass is 10.3. The summed E-state index contributed by atoms with van der Waals surface area (Å²) in [6, 6.07) is 7.38. The van der Waals surface area contributed by atoms with E-state index in [1.165, 1.54) is 49.7 Å². The first-order chi connectivity index (χ1) is 15.6. The molecule has 4 rings (SSSR count). The van der Waals surface area contributed by atoms with Crippen molar-refractivity contribution in [3.05, 3.63) is 42.2 Å². The average molecular weight is 496 g/mol. The minimum Gasteiger partial charge on any atom is -0.345 e. The van der Waals surface area contributed by atoms with Gasteiger partial charge < -0.3 is 14.8 Å². The number of nitrogens with one attached hydrogen (secondary N) is 1. The summed E-state index contributed by atoms with van der Waals surface area (Å²) in [7, 11) is -3.65. The van der Waals surface area contributed by atoms with E-state index in [1.807, 2.05) is 7.05 Å². The number of anilines is 1. The van der Waals surface area contributed by atoms with Crippen molar-refractivity contribution >= 4 is 31.6 Å². The third-order valence-electron chi connectivity index (χ3n) is 6.13. The van der Waals surface area contributed by atoms with Crippen LogP contribution in [-0.2, 0) is 27.1 Å². The van der Waals surface area contributed by atoms with E-state index in [1.54, 1.807) is 7.05 Å². The van der Waals surface area contributed by atoms with Crippen LogP contribution in [0.15, 0.2) is 46.3 Å². The van der Waals surface area contributed by atoms with Gasteiger partial charge in [-0.1, -0.05) is 0 Å². The Balaban J connectivity index is 1.47. The fourth-order valence-corrected chi connectivity index (χ4v) is 7.07. The van der Waals surface area contributed by atoms with Crippen LogP contribution in [0.3, 0.4) is 0 Å². The lowest BCUT2D eigenvalue weighted by molar-refractivity contribution is 0.101. The molecule has 2 aliphatic rings. The normalized spacial score (nSPS) is 19.1. The Morgan fingerprint density at radius 3 is 1.94 bits per heavy atom. The van der Waals surface area contributed by atoms with Crippen molar-refractivity contribution in [1.29, 1.82) is 0 Å². The molecule has 0 unspecified atom stereocenters. The van der Waals surface area contributed by atoms with E-state index in [-0.39, 0.29) is 15.5 Å². The Morgan fingerprint density at radius 2 is 1.33 bits per heavy atom.